The van der Waals surface area contributed by atoms with Crippen LogP contribution in [0.1, 0.15) is 38.5 Å². The Morgan fingerprint density at radius 1 is 1.39 bits per heavy atom. The number of nitrogens with one attached hydrogen (secondary N) is 1. The smallest absolute Gasteiger partial charge is 0.220 e. The molecule has 0 bridgehead atoms. The molecule has 18 heavy (non-hydrogen) atoms. The first-order chi connectivity index (χ1) is 8.31. The van der Waals surface area contributed by atoms with Crippen LogP contribution >= 0.6 is 27.3 Å². The van der Waals surface area contributed by atoms with E-state index in [0.717, 1.165) is 4.47 Å². The summed E-state index contributed by atoms with van der Waals surface area (Å²) in [5, 5.41) is 4.92. The Hall–Kier alpha value is -0.680. The van der Waals surface area contributed by atoms with Crippen LogP contribution in [0.2, 0.25) is 0 Å². The quantitative estimate of drug-likeness (QED) is 0.869. The minimum atomic E-state index is -0.0947. The Morgan fingerprint density at radius 2 is 2.06 bits per heavy atom. The molecule has 0 spiro atoms. The molecule has 0 fully saturated rings. The molecule has 1 N–H and O–H groups in total. The zero-order valence-electron chi connectivity index (χ0n) is 10.9. The number of Topliss-reactive ketones (excluding diaryl/α,β-unsaturated/α-hetero) is 1. The fourth-order valence-electron chi connectivity index (χ4n) is 1.45. The van der Waals surface area contributed by atoms with E-state index in [1.165, 1.54) is 11.8 Å². The highest BCUT2D eigenvalue weighted by Crippen LogP contribution is 2.30. The molecule has 100 valence electrons. The van der Waals surface area contributed by atoms with E-state index in [2.05, 4.69) is 41.2 Å². The Bertz CT molecular complexity index is 440. The normalized spacial score (nSPS) is 11.3. The number of rotatable bonds is 6. The van der Waals surface area contributed by atoms with Crippen LogP contribution in [0.3, 0.4) is 0 Å². The van der Waals surface area contributed by atoms with Crippen molar-refractivity contribution in [1.29, 1.82) is 0 Å². The molecule has 0 aliphatic rings. The summed E-state index contributed by atoms with van der Waals surface area (Å²) in [4.78, 5) is 23.6. The number of amides is 1. The lowest BCUT2D eigenvalue weighted by Crippen LogP contribution is -2.36. The second-order valence-electron chi connectivity index (χ2n) is 4.99. The fraction of sp³-hybridized carbons (Fsp3) is 0.538. The van der Waals surface area contributed by atoms with E-state index < -0.39 is 0 Å². The van der Waals surface area contributed by atoms with Crippen LogP contribution in [-0.4, -0.2) is 18.2 Å². The van der Waals surface area contributed by atoms with Gasteiger partial charge in [0.25, 0.3) is 0 Å². The van der Waals surface area contributed by atoms with E-state index in [1.54, 1.807) is 11.3 Å². The Kier molecular flexibility index (Phi) is 5.53. The van der Waals surface area contributed by atoms with Crippen LogP contribution < -0.4 is 5.32 Å². The average Bonchev–Trinajstić information content (AvgIpc) is 2.71. The highest BCUT2D eigenvalue weighted by Gasteiger charge is 2.23. The summed E-state index contributed by atoms with van der Waals surface area (Å²) in [5.74, 6) is -0.0134. The Balaban J connectivity index is 2.46. The Morgan fingerprint density at radius 3 is 2.56 bits per heavy atom. The third kappa shape index (κ3) is 4.90. The summed E-state index contributed by atoms with van der Waals surface area (Å²) >= 11 is 5.11. The SMILES string of the molecule is CC(=O)CCC(=O)NCC(C)(C)c1cc(Br)cs1. The summed E-state index contributed by atoms with van der Waals surface area (Å²) in [6.07, 6.45) is 0.594. The molecule has 1 rings (SSSR count). The van der Waals surface area contributed by atoms with Gasteiger partial charge in [0, 0.05) is 39.5 Å². The average molecular weight is 332 g/mol. The molecule has 0 aromatic carbocycles. The predicted octanol–water partition coefficient (Wildman–Crippen LogP) is 3.27. The summed E-state index contributed by atoms with van der Waals surface area (Å²) in [6.45, 7) is 6.27. The number of carbonyl (C=O) groups is 2. The van der Waals surface area contributed by atoms with E-state index >= 15 is 0 Å². The molecular weight excluding hydrogens is 314 g/mol. The monoisotopic (exact) mass is 331 g/mol. The summed E-state index contributed by atoms with van der Waals surface area (Å²) < 4.78 is 1.07. The second-order valence-corrected chi connectivity index (χ2v) is 6.82. The lowest BCUT2D eigenvalue weighted by atomic mass is 9.91. The third-order valence-electron chi connectivity index (χ3n) is 2.67. The first-order valence-electron chi connectivity index (χ1n) is 5.82. The van der Waals surface area contributed by atoms with Gasteiger partial charge >= 0.3 is 0 Å². The second kappa shape index (κ2) is 6.48. The molecule has 5 heteroatoms. The minimum Gasteiger partial charge on any atom is -0.355 e. The van der Waals surface area contributed by atoms with E-state index in [4.69, 9.17) is 0 Å². The zero-order valence-corrected chi connectivity index (χ0v) is 13.3. The van der Waals surface area contributed by atoms with Gasteiger partial charge in [-0.15, -0.1) is 11.3 Å². The molecule has 0 radical (unpaired) electrons. The summed E-state index contributed by atoms with van der Waals surface area (Å²) in [6, 6.07) is 2.08. The van der Waals surface area contributed by atoms with Crippen LogP contribution in [0.4, 0.5) is 0 Å². The topological polar surface area (TPSA) is 46.2 Å². The van der Waals surface area contributed by atoms with Crippen LogP contribution in [0.5, 0.6) is 0 Å². The third-order valence-corrected chi connectivity index (χ3v) is 4.72. The maximum atomic E-state index is 11.6. The van der Waals surface area contributed by atoms with Crippen LogP contribution in [0.15, 0.2) is 15.9 Å². The number of hydrogen-bond acceptors (Lipinski definition) is 3. The van der Waals surface area contributed by atoms with Crippen molar-refractivity contribution < 1.29 is 9.59 Å². The molecule has 1 aromatic heterocycles. The molecule has 3 nitrogen and oxygen atoms in total. The first kappa shape index (κ1) is 15.4. The molecule has 0 saturated heterocycles. The predicted molar refractivity (Wildman–Crippen MR) is 78.0 cm³/mol. The van der Waals surface area contributed by atoms with Crippen molar-refractivity contribution >= 4 is 39.0 Å². The summed E-state index contributed by atoms with van der Waals surface area (Å²) in [5.41, 5.74) is -0.0947. The van der Waals surface area contributed by atoms with E-state index in [9.17, 15) is 9.59 Å². The molecule has 1 amide bonds. The van der Waals surface area contributed by atoms with Gasteiger partial charge in [0.15, 0.2) is 0 Å². The zero-order chi connectivity index (χ0) is 13.8. The first-order valence-corrected chi connectivity index (χ1v) is 7.49. The maximum absolute atomic E-state index is 11.6. The molecule has 0 atom stereocenters. The largest absolute Gasteiger partial charge is 0.355 e. The lowest BCUT2D eigenvalue weighted by Gasteiger charge is -2.23. The van der Waals surface area contributed by atoms with Crippen LogP contribution in [0.25, 0.3) is 0 Å². The van der Waals surface area contributed by atoms with E-state index in [-0.39, 0.29) is 23.5 Å². The molecule has 0 saturated carbocycles. The number of thiophene rings is 1. The van der Waals surface area contributed by atoms with Crippen molar-refractivity contribution in [3.05, 3.63) is 20.8 Å². The van der Waals surface area contributed by atoms with Gasteiger partial charge in [0.05, 0.1) is 0 Å². The van der Waals surface area contributed by atoms with Gasteiger partial charge in [-0.2, -0.15) is 0 Å². The fourth-order valence-corrected chi connectivity index (χ4v) is 3.01. The van der Waals surface area contributed by atoms with Crippen molar-refractivity contribution in [3.63, 3.8) is 0 Å². The molecule has 1 aromatic rings. The molecule has 0 aliphatic heterocycles. The van der Waals surface area contributed by atoms with Crippen LogP contribution in [-0.2, 0) is 15.0 Å². The Labute approximate surface area is 120 Å². The molecular formula is C13H18BrNO2S. The lowest BCUT2D eigenvalue weighted by molar-refractivity contribution is -0.124. The number of ketones is 1. The van der Waals surface area contributed by atoms with Gasteiger partial charge in [0.2, 0.25) is 5.91 Å². The van der Waals surface area contributed by atoms with E-state index in [0.29, 0.717) is 13.0 Å². The van der Waals surface area contributed by atoms with Crippen molar-refractivity contribution in [2.75, 3.05) is 6.54 Å². The molecule has 1 heterocycles. The van der Waals surface area contributed by atoms with Crippen molar-refractivity contribution in [2.45, 2.75) is 39.0 Å². The summed E-state index contributed by atoms with van der Waals surface area (Å²) in [7, 11) is 0. The maximum Gasteiger partial charge on any atom is 0.220 e. The standard InChI is InChI=1S/C13H18BrNO2S/c1-9(16)4-5-12(17)15-8-13(2,3)11-6-10(14)7-18-11/h6-7H,4-5,8H2,1-3H3,(H,15,17). The van der Waals surface area contributed by atoms with Gasteiger partial charge < -0.3 is 10.1 Å². The number of carbonyl (C=O) groups excluding carboxylic acids is 2. The molecule has 0 unspecified atom stereocenters. The van der Waals surface area contributed by atoms with Crippen LogP contribution in [0, 0.1) is 0 Å². The van der Waals surface area contributed by atoms with Gasteiger partial charge in [-0.25, -0.2) is 0 Å². The van der Waals surface area contributed by atoms with Gasteiger partial charge in [-0.3, -0.25) is 4.79 Å². The van der Waals surface area contributed by atoms with Crippen molar-refractivity contribution in [2.24, 2.45) is 0 Å². The van der Waals surface area contributed by atoms with Crippen molar-refractivity contribution in [3.8, 4) is 0 Å². The van der Waals surface area contributed by atoms with Gasteiger partial charge in [0.1, 0.15) is 5.78 Å². The number of hydrogen-bond donors (Lipinski definition) is 1. The van der Waals surface area contributed by atoms with Gasteiger partial charge in [-0.05, 0) is 28.9 Å². The van der Waals surface area contributed by atoms with Crippen molar-refractivity contribution in [1.82, 2.24) is 5.32 Å². The minimum absolute atomic E-state index is 0.0478. The van der Waals surface area contributed by atoms with Gasteiger partial charge in [-0.1, -0.05) is 13.8 Å². The molecule has 0 aliphatic carbocycles. The highest BCUT2D eigenvalue weighted by atomic mass is 79.9. The van der Waals surface area contributed by atoms with E-state index in [1.807, 2.05) is 5.38 Å². The number of halogens is 1. The highest BCUT2D eigenvalue weighted by molar-refractivity contribution is 9.10.